The van der Waals surface area contributed by atoms with Crippen molar-refractivity contribution in [3.63, 3.8) is 0 Å². The van der Waals surface area contributed by atoms with Gasteiger partial charge in [-0.15, -0.1) is 0 Å². The van der Waals surface area contributed by atoms with E-state index < -0.39 is 0 Å². The van der Waals surface area contributed by atoms with Gasteiger partial charge in [0.2, 0.25) is 0 Å². The maximum atomic E-state index is 9.99. The highest BCUT2D eigenvalue weighted by Crippen LogP contribution is 2.39. The molecule has 1 aliphatic carbocycles. The normalized spacial score (nSPS) is 38.5. The molecule has 4 heteroatoms. The van der Waals surface area contributed by atoms with E-state index in [1.54, 1.807) is 0 Å². The van der Waals surface area contributed by atoms with E-state index in [1.807, 2.05) is 0 Å². The van der Waals surface area contributed by atoms with Crippen LogP contribution in [0.3, 0.4) is 0 Å². The van der Waals surface area contributed by atoms with Crippen molar-refractivity contribution in [3.8, 4) is 0 Å². The first-order valence-electron chi connectivity index (χ1n) is 8.09. The first-order valence-corrected chi connectivity index (χ1v) is 8.09. The van der Waals surface area contributed by atoms with Crippen LogP contribution in [0.2, 0.25) is 0 Å². The van der Waals surface area contributed by atoms with Crippen LogP contribution in [0.1, 0.15) is 39.5 Å². The second kappa shape index (κ2) is 6.30. The van der Waals surface area contributed by atoms with Gasteiger partial charge >= 0.3 is 0 Å². The van der Waals surface area contributed by atoms with Gasteiger partial charge in [-0.2, -0.15) is 0 Å². The fraction of sp³-hybridized carbons (Fsp3) is 1.00. The Morgan fingerprint density at radius 2 is 2.05 bits per heavy atom. The zero-order valence-corrected chi connectivity index (χ0v) is 13.7. The van der Waals surface area contributed by atoms with Crippen LogP contribution >= 0.6 is 0 Å². The number of hydrogen-bond acceptors (Lipinski definition) is 4. The molecule has 3 N–H and O–H groups in total. The monoisotopic (exact) mass is 283 g/mol. The summed E-state index contributed by atoms with van der Waals surface area (Å²) in [7, 11) is 4.22. The lowest BCUT2D eigenvalue weighted by Crippen LogP contribution is -2.47. The first kappa shape index (κ1) is 16.2. The second-order valence-electron chi connectivity index (χ2n) is 8.09. The number of likely N-dealkylation sites (tertiary alicyclic amines) is 1. The van der Waals surface area contributed by atoms with Gasteiger partial charge in [-0.1, -0.05) is 13.8 Å². The van der Waals surface area contributed by atoms with Gasteiger partial charge in [-0.3, -0.25) is 4.90 Å². The van der Waals surface area contributed by atoms with Crippen LogP contribution in [0.4, 0.5) is 0 Å². The minimum absolute atomic E-state index is 0.159. The van der Waals surface area contributed by atoms with Crippen molar-refractivity contribution >= 4 is 0 Å². The quantitative estimate of drug-likeness (QED) is 0.812. The number of β-amino-alcohol motifs (C(OH)–C–C–N with tert-alkyl or cyclic N) is 1. The molecule has 2 aliphatic rings. The average molecular weight is 283 g/mol. The lowest BCUT2D eigenvalue weighted by atomic mass is 9.70. The Morgan fingerprint density at radius 1 is 1.35 bits per heavy atom. The molecule has 4 unspecified atom stereocenters. The summed E-state index contributed by atoms with van der Waals surface area (Å²) < 4.78 is 0. The van der Waals surface area contributed by atoms with Crippen LogP contribution in [0.25, 0.3) is 0 Å². The van der Waals surface area contributed by atoms with E-state index in [9.17, 15) is 5.11 Å². The number of rotatable bonds is 4. The Kier molecular flexibility index (Phi) is 5.11. The number of aliphatic hydroxyl groups excluding tert-OH is 1. The molecule has 4 nitrogen and oxygen atoms in total. The maximum Gasteiger partial charge on any atom is 0.0682 e. The fourth-order valence-electron chi connectivity index (χ4n) is 4.05. The summed E-state index contributed by atoms with van der Waals surface area (Å²) in [6, 6.07) is 0.818. The molecule has 0 radical (unpaired) electrons. The van der Waals surface area contributed by atoms with E-state index in [0.717, 1.165) is 32.5 Å². The van der Waals surface area contributed by atoms with Crippen molar-refractivity contribution in [2.75, 3.05) is 33.7 Å². The number of hydrogen-bond donors (Lipinski definition) is 2. The molecular formula is C16H33N3O. The van der Waals surface area contributed by atoms with Crippen molar-refractivity contribution in [1.29, 1.82) is 0 Å². The molecule has 20 heavy (non-hydrogen) atoms. The first-order chi connectivity index (χ1) is 9.27. The van der Waals surface area contributed by atoms with E-state index in [4.69, 9.17) is 5.73 Å². The third-order valence-corrected chi connectivity index (χ3v) is 5.13. The number of aliphatic hydroxyl groups is 1. The second-order valence-corrected chi connectivity index (χ2v) is 8.09. The lowest BCUT2D eigenvalue weighted by molar-refractivity contribution is 0.0974. The summed E-state index contributed by atoms with van der Waals surface area (Å²) in [5.74, 6) is 0.578. The van der Waals surface area contributed by atoms with Crippen molar-refractivity contribution in [3.05, 3.63) is 0 Å². The summed E-state index contributed by atoms with van der Waals surface area (Å²) in [6.07, 6.45) is 4.35. The highest BCUT2D eigenvalue weighted by atomic mass is 16.3. The Bertz CT molecular complexity index is 319. The van der Waals surface area contributed by atoms with Gasteiger partial charge in [0.15, 0.2) is 0 Å². The molecule has 0 amide bonds. The Balaban J connectivity index is 1.96. The Morgan fingerprint density at radius 3 is 2.70 bits per heavy atom. The minimum Gasteiger partial charge on any atom is -0.392 e. The summed E-state index contributed by atoms with van der Waals surface area (Å²) in [4.78, 5) is 4.71. The Hall–Kier alpha value is -0.160. The number of nitrogens with zero attached hydrogens (tertiary/aromatic N) is 2. The Labute approximate surface area is 124 Å². The summed E-state index contributed by atoms with van der Waals surface area (Å²) in [6.45, 7) is 7.63. The van der Waals surface area contributed by atoms with E-state index in [1.165, 1.54) is 12.8 Å². The highest BCUT2D eigenvalue weighted by molar-refractivity contribution is 4.93. The molecule has 1 aliphatic heterocycles. The molecule has 0 aromatic carbocycles. The van der Waals surface area contributed by atoms with Gasteiger partial charge in [0, 0.05) is 31.7 Å². The molecule has 1 saturated heterocycles. The third-order valence-electron chi connectivity index (χ3n) is 5.13. The zero-order chi connectivity index (χ0) is 14.9. The van der Waals surface area contributed by atoms with Gasteiger partial charge < -0.3 is 15.7 Å². The molecule has 1 heterocycles. The van der Waals surface area contributed by atoms with Gasteiger partial charge in [-0.05, 0) is 51.1 Å². The summed E-state index contributed by atoms with van der Waals surface area (Å²) in [5.41, 5.74) is 6.79. The van der Waals surface area contributed by atoms with Crippen LogP contribution in [-0.4, -0.2) is 66.8 Å². The average Bonchev–Trinajstić information content (AvgIpc) is 2.63. The molecule has 4 atom stereocenters. The topological polar surface area (TPSA) is 52.7 Å². The van der Waals surface area contributed by atoms with E-state index in [2.05, 4.69) is 37.7 Å². The lowest BCUT2D eigenvalue weighted by Gasteiger charge is -2.42. The molecule has 2 rings (SSSR count). The van der Waals surface area contributed by atoms with Crippen LogP contribution < -0.4 is 5.73 Å². The third kappa shape index (κ3) is 4.17. The maximum absolute atomic E-state index is 9.99. The van der Waals surface area contributed by atoms with Gasteiger partial charge in [0.1, 0.15) is 0 Å². The molecule has 118 valence electrons. The van der Waals surface area contributed by atoms with E-state index >= 15 is 0 Å². The van der Waals surface area contributed by atoms with Crippen molar-refractivity contribution in [2.24, 2.45) is 17.1 Å². The molecular weight excluding hydrogens is 250 g/mol. The minimum atomic E-state index is -0.159. The van der Waals surface area contributed by atoms with Crippen LogP contribution in [0.15, 0.2) is 0 Å². The predicted octanol–water partition coefficient (Wildman–Crippen LogP) is 1.14. The zero-order valence-electron chi connectivity index (χ0n) is 13.7. The van der Waals surface area contributed by atoms with Crippen molar-refractivity contribution in [1.82, 2.24) is 9.80 Å². The van der Waals surface area contributed by atoms with Crippen LogP contribution in [0.5, 0.6) is 0 Å². The van der Waals surface area contributed by atoms with E-state index in [0.29, 0.717) is 23.4 Å². The van der Waals surface area contributed by atoms with Gasteiger partial charge in [-0.25, -0.2) is 0 Å². The van der Waals surface area contributed by atoms with Gasteiger partial charge in [0.25, 0.3) is 0 Å². The molecule has 0 spiro atoms. The van der Waals surface area contributed by atoms with Gasteiger partial charge in [0.05, 0.1) is 6.10 Å². The van der Waals surface area contributed by atoms with Crippen molar-refractivity contribution < 1.29 is 5.11 Å². The van der Waals surface area contributed by atoms with Crippen LogP contribution in [0, 0.1) is 11.3 Å². The summed E-state index contributed by atoms with van der Waals surface area (Å²) >= 11 is 0. The van der Waals surface area contributed by atoms with Crippen molar-refractivity contribution in [2.45, 2.75) is 57.7 Å². The molecule has 0 aromatic heterocycles. The molecule has 0 bridgehead atoms. The summed E-state index contributed by atoms with van der Waals surface area (Å²) in [5, 5.41) is 9.99. The van der Waals surface area contributed by atoms with E-state index in [-0.39, 0.29) is 6.10 Å². The smallest absolute Gasteiger partial charge is 0.0682 e. The highest BCUT2D eigenvalue weighted by Gasteiger charge is 2.38. The molecule has 2 fully saturated rings. The molecule has 0 aromatic rings. The SMILES string of the molecule is CN(C)CC1CC(O)CN1CC1CC(C)(C)CCC1N. The standard InChI is InChI=1S/C16H33N3O/c1-16(2)6-5-15(17)12(8-16)9-19-11-14(20)7-13(19)10-18(3)4/h12-15,20H,5-11,17H2,1-4H3. The fourth-order valence-corrected chi connectivity index (χ4v) is 4.05. The number of likely N-dealkylation sites (N-methyl/N-ethyl adjacent to an activating group) is 1. The largest absolute Gasteiger partial charge is 0.392 e. The van der Waals surface area contributed by atoms with Crippen LogP contribution in [-0.2, 0) is 0 Å². The predicted molar refractivity (Wildman–Crippen MR) is 83.6 cm³/mol. The molecule has 1 saturated carbocycles. The number of nitrogens with two attached hydrogens (primary N) is 1.